The molecular formula is C11H8ClNOS. The third-order valence-electron chi connectivity index (χ3n) is 2.27. The number of ether oxygens (including phenoxy) is 1. The Bertz CT molecular complexity index is 483. The molecule has 0 amide bonds. The standard InChI is InChI=1S/C11H8ClNOS/c12-7-3-4-9-8(6-7)13-11(14-9)10-2-1-5-15-10/h1-6,11,13H. The van der Waals surface area contributed by atoms with Gasteiger partial charge in [0.25, 0.3) is 0 Å². The average Bonchev–Trinajstić information content (AvgIpc) is 2.84. The molecule has 1 atom stereocenters. The molecule has 1 aromatic carbocycles. The van der Waals surface area contributed by atoms with Gasteiger partial charge in [-0.15, -0.1) is 11.3 Å². The van der Waals surface area contributed by atoms with Crippen LogP contribution in [0.15, 0.2) is 35.7 Å². The highest BCUT2D eigenvalue weighted by atomic mass is 35.5. The molecular weight excluding hydrogens is 230 g/mol. The molecule has 15 heavy (non-hydrogen) atoms. The Hall–Kier alpha value is -1.19. The number of hydrogen-bond donors (Lipinski definition) is 1. The summed E-state index contributed by atoms with van der Waals surface area (Å²) in [5.41, 5.74) is 0.959. The van der Waals surface area contributed by atoms with Gasteiger partial charge in [-0.3, -0.25) is 0 Å². The topological polar surface area (TPSA) is 21.3 Å². The second kappa shape index (κ2) is 3.43. The summed E-state index contributed by atoms with van der Waals surface area (Å²) in [4.78, 5) is 1.17. The van der Waals surface area contributed by atoms with Crippen LogP contribution in [-0.2, 0) is 0 Å². The zero-order valence-corrected chi connectivity index (χ0v) is 9.31. The van der Waals surface area contributed by atoms with E-state index in [0.29, 0.717) is 0 Å². The van der Waals surface area contributed by atoms with Crippen molar-refractivity contribution >= 4 is 28.6 Å². The van der Waals surface area contributed by atoms with E-state index < -0.39 is 0 Å². The summed E-state index contributed by atoms with van der Waals surface area (Å²) in [6.07, 6.45) is -0.0709. The Kier molecular flexibility index (Phi) is 2.08. The fourth-order valence-corrected chi connectivity index (χ4v) is 2.46. The van der Waals surface area contributed by atoms with E-state index in [-0.39, 0.29) is 6.23 Å². The van der Waals surface area contributed by atoms with E-state index in [1.54, 1.807) is 11.3 Å². The minimum absolute atomic E-state index is 0.0709. The summed E-state index contributed by atoms with van der Waals surface area (Å²) in [6, 6.07) is 9.67. The number of hydrogen-bond acceptors (Lipinski definition) is 3. The van der Waals surface area contributed by atoms with Crippen LogP contribution in [0.25, 0.3) is 0 Å². The average molecular weight is 238 g/mol. The lowest BCUT2D eigenvalue weighted by molar-refractivity contribution is 0.264. The molecule has 1 unspecified atom stereocenters. The van der Waals surface area contributed by atoms with Crippen molar-refractivity contribution in [2.45, 2.75) is 6.23 Å². The van der Waals surface area contributed by atoms with Gasteiger partial charge in [-0.1, -0.05) is 17.7 Å². The Labute approximate surface area is 96.5 Å². The van der Waals surface area contributed by atoms with Crippen molar-refractivity contribution in [3.05, 3.63) is 45.6 Å². The molecule has 0 spiro atoms. The van der Waals surface area contributed by atoms with Gasteiger partial charge in [0.2, 0.25) is 6.23 Å². The van der Waals surface area contributed by atoms with E-state index in [1.807, 2.05) is 29.6 Å². The van der Waals surface area contributed by atoms with Gasteiger partial charge in [0.15, 0.2) is 0 Å². The smallest absolute Gasteiger partial charge is 0.205 e. The van der Waals surface area contributed by atoms with Crippen molar-refractivity contribution in [1.29, 1.82) is 0 Å². The number of halogens is 1. The minimum Gasteiger partial charge on any atom is -0.463 e. The molecule has 76 valence electrons. The molecule has 2 nitrogen and oxygen atoms in total. The Morgan fingerprint density at radius 3 is 3.07 bits per heavy atom. The molecule has 0 radical (unpaired) electrons. The van der Waals surface area contributed by atoms with Crippen molar-refractivity contribution < 1.29 is 4.74 Å². The van der Waals surface area contributed by atoms with Gasteiger partial charge in [0.05, 0.1) is 10.6 Å². The van der Waals surface area contributed by atoms with Crippen molar-refractivity contribution in [3.63, 3.8) is 0 Å². The highest BCUT2D eigenvalue weighted by Crippen LogP contribution is 2.40. The summed E-state index contributed by atoms with van der Waals surface area (Å²) in [5.74, 6) is 0.859. The monoisotopic (exact) mass is 237 g/mol. The second-order valence-electron chi connectivity index (χ2n) is 3.30. The van der Waals surface area contributed by atoms with Gasteiger partial charge in [-0.05, 0) is 29.6 Å². The largest absolute Gasteiger partial charge is 0.463 e. The maximum absolute atomic E-state index is 5.90. The predicted octanol–water partition coefficient (Wildman–Crippen LogP) is 3.90. The van der Waals surface area contributed by atoms with Crippen LogP contribution >= 0.6 is 22.9 Å². The molecule has 1 aliphatic heterocycles. The van der Waals surface area contributed by atoms with E-state index in [4.69, 9.17) is 16.3 Å². The lowest BCUT2D eigenvalue weighted by Gasteiger charge is -2.07. The molecule has 0 fully saturated rings. The molecule has 0 saturated heterocycles. The molecule has 1 N–H and O–H groups in total. The molecule has 0 bridgehead atoms. The van der Waals surface area contributed by atoms with Crippen LogP contribution in [0.3, 0.4) is 0 Å². The van der Waals surface area contributed by atoms with Crippen LogP contribution in [-0.4, -0.2) is 0 Å². The first-order valence-electron chi connectivity index (χ1n) is 4.59. The summed E-state index contributed by atoms with van der Waals surface area (Å²) in [7, 11) is 0. The first-order chi connectivity index (χ1) is 7.33. The van der Waals surface area contributed by atoms with Crippen molar-refractivity contribution in [2.24, 2.45) is 0 Å². The Balaban J connectivity index is 1.92. The fraction of sp³-hybridized carbons (Fsp3) is 0.0909. The summed E-state index contributed by atoms with van der Waals surface area (Å²) >= 11 is 7.58. The quantitative estimate of drug-likeness (QED) is 0.812. The normalized spacial score (nSPS) is 18.1. The number of rotatable bonds is 1. The van der Waals surface area contributed by atoms with Crippen LogP contribution < -0.4 is 10.1 Å². The molecule has 2 aromatic rings. The van der Waals surface area contributed by atoms with Crippen molar-refractivity contribution in [3.8, 4) is 5.75 Å². The molecule has 1 aromatic heterocycles. The molecule has 1 aliphatic rings. The maximum atomic E-state index is 5.90. The molecule has 0 aliphatic carbocycles. The number of fused-ring (bicyclic) bond motifs is 1. The number of nitrogens with one attached hydrogen (secondary N) is 1. The van der Waals surface area contributed by atoms with E-state index in [1.165, 1.54) is 4.88 Å². The van der Waals surface area contributed by atoms with Gasteiger partial charge >= 0.3 is 0 Å². The summed E-state index contributed by atoms with van der Waals surface area (Å²) in [6.45, 7) is 0. The first kappa shape index (κ1) is 9.07. The van der Waals surface area contributed by atoms with Crippen LogP contribution in [0, 0.1) is 0 Å². The van der Waals surface area contributed by atoms with Gasteiger partial charge in [-0.2, -0.15) is 0 Å². The lowest BCUT2D eigenvalue weighted by Crippen LogP contribution is -2.07. The van der Waals surface area contributed by atoms with E-state index in [9.17, 15) is 0 Å². The minimum atomic E-state index is -0.0709. The zero-order chi connectivity index (χ0) is 10.3. The molecule has 0 saturated carbocycles. The third kappa shape index (κ3) is 1.58. The van der Waals surface area contributed by atoms with E-state index in [2.05, 4.69) is 11.4 Å². The van der Waals surface area contributed by atoms with Crippen molar-refractivity contribution in [1.82, 2.24) is 0 Å². The highest BCUT2D eigenvalue weighted by Gasteiger charge is 2.23. The lowest BCUT2D eigenvalue weighted by atomic mass is 10.3. The summed E-state index contributed by atoms with van der Waals surface area (Å²) in [5, 5.41) is 6.04. The predicted molar refractivity (Wildman–Crippen MR) is 62.8 cm³/mol. The second-order valence-corrected chi connectivity index (χ2v) is 4.71. The van der Waals surface area contributed by atoms with Crippen LogP contribution in [0.1, 0.15) is 11.1 Å². The number of thiophene rings is 1. The van der Waals surface area contributed by atoms with Crippen molar-refractivity contribution in [2.75, 3.05) is 5.32 Å². The van der Waals surface area contributed by atoms with E-state index in [0.717, 1.165) is 16.5 Å². The molecule has 2 heterocycles. The Morgan fingerprint density at radius 1 is 1.33 bits per heavy atom. The zero-order valence-electron chi connectivity index (χ0n) is 7.74. The van der Waals surface area contributed by atoms with Crippen LogP contribution in [0.5, 0.6) is 5.75 Å². The van der Waals surface area contributed by atoms with Crippen LogP contribution in [0.4, 0.5) is 5.69 Å². The summed E-state index contributed by atoms with van der Waals surface area (Å²) < 4.78 is 5.75. The first-order valence-corrected chi connectivity index (χ1v) is 5.85. The molecule has 4 heteroatoms. The van der Waals surface area contributed by atoms with Gasteiger partial charge in [0.1, 0.15) is 5.75 Å². The highest BCUT2D eigenvalue weighted by molar-refractivity contribution is 7.10. The molecule has 3 rings (SSSR count). The SMILES string of the molecule is Clc1ccc2c(c1)NC(c1cccs1)O2. The van der Waals surface area contributed by atoms with Gasteiger partial charge in [-0.25, -0.2) is 0 Å². The van der Waals surface area contributed by atoms with E-state index >= 15 is 0 Å². The van der Waals surface area contributed by atoms with Crippen LogP contribution in [0.2, 0.25) is 5.02 Å². The van der Waals surface area contributed by atoms with Gasteiger partial charge < -0.3 is 10.1 Å². The third-order valence-corrected chi connectivity index (χ3v) is 3.43. The fourth-order valence-electron chi connectivity index (χ4n) is 1.59. The Morgan fingerprint density at radius 2 is 2.27 bits per heavy atom. The maximum Gasteiger partial charge on any atom is 0.205 e. The van der Waals surface area contributed by atoms with Gasteiger partial charge in [0, 0.05) is 5.02 Å². The number of benzene rings is 1. The number of anilines is 1.